The first-order valence-electron chi connectivity index (χ1n) is 10.3. The molecule has 0 spiro atoms. The topological polar surface area (TPSA) is 49.7 Å². The first-order chi connectivity index (χ1) is 13.0. The number of aryl methyl sites for hydroxylation is 2. The summed E-state index contributed by atoms with van der Waals surface area (Å²) in [4.78, 5) is 0. The van der Waals surface area contributed by atoms with E-state index in [0.29, 0.717) is 0 Å². The van der Waals surface area contributed by atoms with E-state index >= 15 is 0 Å². The molecule has 1 unspecified atom stereocenters. The van der Waals surface area contributed by atoms with E-state index in [0.717, 1.165) is 35.1 Å². The number of aliphatic hydroxyl groups is 2. The van der Waals surface area contributed by atoms with E-state index in [2.05, 4.69) is 46.0 Å². The molecule has 0 heterocycles. The van der Waals surface area contributed by atoms with Crippen molar-refractivity contribution in [2.75, 3.05) is 6.61 Å². The SMILES string of the molecule is CC(C)(C)[Si](C)(C)OCC(O)CC1(O)c2ccccc2CCc2ccccc21. The largest absolute Gasteiger partial charge is 0.414 e. The average Bonchev–Trinajstić information content (AvgIpc) is 2.75. The van der Waals surface area contributed by atoms with Gasteiger partial charge in [-0.3, -0.25) is 0 Å². The lowest BCUT2D eigenvalue weighted by Crippen LogP contribution is -2.44. The average molecular weight is 399 g/mol. The Bertz CT molecular complexity index is 775. The van der Waals surface area contributed by atoms with Gasteiger partial charge in [0.15, 0.2) is 8.32 Å². The van der Waals surface area contributed by atoms with Crippen LogP contribution in [-0.2, 0) is 22.9 Å². The summed E-state index contributed by atoms with van der Waals surface area (Å²) < 4.78 is 6.23. The van der Waals surface area contributed by atoms with E-state index in [1.165, 1.54) is 0 Å². The van der Waals surface area contributed by atoms with Crippen LogP contribution in [0.15, 0.2) is 48.5 Å². The second-order valence-corrected chi connectivity index (χ2v) is 14.4. The number of benzene rings is 2. The molecule has 0 fully saturated rings. The molecule has 2 N–H and O–H groups in total. The Morgan fingerprint density at radius 2 is 1.43 bits per heavy atom. The molecule has 1 atom stereocenters. The van der Waals surface area contributed by atoms with Gasteiger partial charge in [0.25, 0.3) is 0 Å². The third-order valence-corrected chi connectivity index (χ3v) is 11.1. The Kier molecular flexibility index (Phi) is 5.88. The van der Waals surface area contributed by atoms with Crippen molar-refractivity contribution in [1.29, 1.82) is 0 Å². The third kappa shape index (κ3) is 4.11. The molecule has 1 aliphatic carbocycles. The normalized spacial score (nSPS) is 17.4. The lowest BCUT2D eigenvalue weighted by atomic mass is 9.79. The summed E-state index contributed by atoms with van der Waals surface area (Å²) in [6, 6.07) is 16.2. The van der Waals surface area contributed by atoms with Crippen molar-refractivity contribution in [3.63, 3.8) is 0 Å². The molecule has 0 bridgehead atoms. The minimum absolute atomic E-state index is 0.0884. The molecule has 1 aliphatic rings. The molecular weight excluding hydrogens is 364 g/mol. The fourth-order valence-electron chi connectivity index (χ4n) is 3.84. The summed E-state index contributed by atoms with van der Waals surface area (Å²) >= 11 is 0. The van der Waals surface area contributed by atoms with Crippen molar-refractivity contribution >= 4 is 8.32 Å². The van der Waals surface area contributed by atoms with Crippen LogP contribution in [-0.4, -0.2) is 31.2 Å². The van der Waals surface area contributed by atoms with Crippen LogP contribution in [0.25, 0.3) is 0 Å². The molecule has 2 aromatic rings. The molecule has 0 aromatic heterocycles. The highest BCUT2D eigenvalue weighted by molar-refractivity contribution is 6.74. The van der Waals surface area contributed by atoms with Crippen LogP contribution in [0.1, 0.15) is 49.4 Å². The lowest BCUT2D eigenvalue weighted by Gasteiger charge is -2.38. The van der Waals surface area contributed by atoms with Gasteiger partial charge in [-0.05, 0) is 53.2 Å². The summed E-state index contributed by atoms with van der Waals surface area (Å²) in [5.74, 6) is 0. The Balaban J connectivity index is 1.90. The van der Waals surface area contributed by atoms with Crippen LogP contribution in [0.4, 0.5) is 0 Å². The van der Waals surface area contributed by atoms with Crippen LogP contribution >= 0.6 is 0 Å². The zero-order valence-corrected chi connectivity index (χ0v) is 18.8. The number of fused-ring (bicyclic) bond motifs is 2. The number of hydrogen-bond acceptors (Lipinski definition) is 3. The monoisotopic (exact) mass is 398 g/mol. The number of rotatable bonds is 5. The van der Waals surface area contributed by atoms with E-state index in [9.17, 15) is 10.2 Å². The van der Waals surface area contributed by atoms with Gasteiger partial charge in [0.1, 0.15) is 5.60 Å². The Morgan fingerprint density at radius 1 is 0.964 bits per heavy atom. The molecule has 0 saturated carbocycles. The zero-order valence-electron chi connectivity index (χ0n) is 17.8. The molecule has 3 rings (SSSR count). The van der Waals surface area contributed by atoms with E-state index in [4.69, 9.17) is 4.43 Å². The highest BCUT2D eigenvalue weighted by Crippen LogP contribution is 2.41. The Labute approximate surface area is 170 Å². The summed E-state index contributed by atoms with van der Waals surface area (Å²) in [6.07, 6.45) is 1.28. The quantitative estimate of drug-likeness (QED) is 0.712. The van der Waals surface area contributed by atoms with E-state index < -0.39 is 20.0 Å². The van der Waals surface area contributed by atoms with E-state index in [1.54, 1.807) is 0 Å². The maximum atomic E-state index is 11.9. The van der Waals surface area contributed by atoms with Gasteiger partial charge in [-0.25, -0.2) is 0 Å². The van der Waals surface area contributed by atoms with E-state index in [1.807, 2.05) is 36.4 Å². The van der Waals surface area contributed by atoms with Crippen molar-refractivity contribution in [2.24, 2.45) is 0 Å². The van der Waals surface area contributed by atoms with Crippen LogP contribution < -0.4 is 0 Å². The van der Waals surface area contributed by atoms with Gasteiger partial charge in [0.2, 0.25) is 0 Å². The first kappa shape index (κ1) is 21.3. The smallest absolute Gasteiger partial charge is 0.192 e. The molecule has 3 nitrogen and oxygen atoms in total. The van der Waals surface area contributed by atoms with E-state index in [-0.39, 0.29) is 18.1 Å². The van der Waals surface area contributed by atoms with Crippen LogP contribution in [0.5, 0.6) is 0 Å². The number of hydrogen-bond donors (Lipinski definition) is 2. The van der Waals surface area contributed by atoms with Gasteiger partial charge in [0.05, 0.1) is 12.7 Å². The zero-order chi connectivity index (χ0) is 20.6. The fraction of sp³-hybridized carbons (Fsp3) is 0.500. The minimum atomic E-state index is -1.95. The van der Waals surface area contributed by atoms with Gasteiger partial charge in [-0.1, -0.05) is 69.3 Å². The predicted octanol–water partition coefficient (Wildman–Crippen LogP) is 4.79. The predicted molar refractivity (Wildman–Crippen MR) is 117 cm³/mol. The van der Waals surface area contributed by atoms with Crippen LogP contribution in [0.2, 0.25) is 18.1 Å². The van der Waals surface area contributed by atoms with Crippen LogP contribution in [0.3, 0.4) is 0 Å². The summed E-state index contributed by atoms with van der Waals surface area (Å²) in [7, 11) is -1.95. The fourth-order valence-corrected chi connectivity index (χ4v) is 4.88. The molecule has 152 valence electrons. The molecule has 0 saturated heterocycles. The first-order valence-corrected chi connectivity index (χ1v) is 13.2. The van der Waals surface area contributed by atoms with Crippen molar-refractivity contribution in [3.8, 4) is 0 Å². The maximum Gasteiger partial charge on any atom is 0.192 e. The summed E-state index contributed by atoms with van der Waals surface area (Å²) in [5.41, 5.74) is 2.91. The summed E-state index contributed by atoms with van der Waals surface area (Å²) in [6.45, 7) is 11.2. The molecular formula is C24H34O3Si. The molecule has 2 aromatic carbocycles. The van der Waals surface area contributed by atoms with Crippen LogP contribution in [0, 0.1) is 0 Å². The molecule has 0 radical (unpaired) electrons. The Hall–Kier alpha value is -1.46. The van der Waals surface area contributed by atoms with Gasteiger partial charge < -0.3 is 14.6 Å². The van der Waals surface area contributed by atoms with Gasteiger partial charge >= 0.3 is 0 Å². The maximum absolute atomic E-state index is 11.9. The highest BCUT2D eigenvalue weighted by Gasteiger charge is 2.41. The van der Waals surface area contributed by atoms with Gasteiger partial charge in [-0.15, -0.1) is 0 Å². The molecule has 28 heavy (non-hydrogen) atoms. The highest BCUT2D eigenvalue weighted by atomic mass is 28.4. The molecule has 4 heteroatoms. The van der Waals surface area contributed by atoms with Crippen molar-refractivity contribution in [2.45, 2.75) is 69.9 Å². The van der Waals surface area contributed by atoms with Crippen molar-refractivity contribution < 1.29 is 14.6 Å². The standard InChI is InChI=1S/C24H34O3Si/c1-23(2,3)28(4,5)27-17-20(25)16-24(26)21-12-8-6-10-18(21)14-15-19-11-7-9-13-22(19)24/h6-13,20,25-26H,14-17H2,1-5H3. The van der Waals surface area contributed by atoms with Crippen molar-refractivity contribution in [1.82, 2.24) is 0 Å². The Morgan fingerprint density at radius 3 is 1.89 bits per heavy atom. The lowest BCUT2D eigenvalue weighted by molar-refractivity contribution is -0.00183. The molecule has 0 amide bonds. The van der Waals surface area contributed by atoms with Gasteiger partial charge in [0, 0.05) is 6.42 Å². The third-order valence-electron chi connectivity index (χ3n) is 6.56. The van der Waals surface area contributed by atoms with Gasteiger partial charge in [-0.2, -0.15) is 0 Å². The minimum Gasteiger partial charge on any atom is -0.414 e. The number of aliphatic hydroxyl groups excluding tert-OH is 1. The van der Waals surface area contributed by atoms with Crippen molar-refractivity contribution in [3.05, 3.63) is 70.8 Å². The molecule has 0 aliphatic heterocycles. The second-order valence-electron chi connectivity index (χ2n) is 9.60. The summed E-state index contributed by atoms with van der Waals surface area (Å²) in [5, 5.41) is 22.9. The second kappa shape index (κ2) is 7.75.